The number of halogens is 5. The Morgan fingerprint density at radius 1 is 1.17 bits per heavy atom. The average molecular weight is 303 g/mol. The van der Waals surface area contributed by atoms with Crippen LogP contribution in [0.25, 0.3) is 0 Å². The molecule has 1 aromatic carbocycles. The van der Waals surface area contributed by atoms with E-state index < -0.39 is 12.8 Å². The SMILES string of the molecule is FC(F)(F)COCCOc1cccc(Cl)c1CCl. The number of rotatable bonds is 6. The lowest BCUT2D eigenvalue weighted by Crippen LogP contribution is -2.19. The van der Waals surface area contributed by atoms with Crippen LogP contribution in [0.5, 0.6) is 5.75 Å². The van der Waals surface area contributed by atoms with Crippen LogP contribution in [0.3, 0.4) is 0 Å². The lowest BCUT2D eigenvalue weighted by molar-refractivity contribution is -0.175. The minimum Gasteiger partial charge on any atom is -0.491 e. The Kier molecular flexibility index (Phi) is 6.05. The maximum atomic E-state index is 11.8. The first-order valence-electron chi connectivity index (χ1n) is 5.04. The first-order chi connectivity index (χ1) is 8.44. The summed E-state index contributed by atoms with van der Waals surface area (Å²) in [6.07, 6.45) is -4.32. The van der Waals surface area contributed by atoms with Crippen molar-refractivity contribution in [2.45, 2.75) is 12.1 Å². The van der Waals surface area contributed by atoms with Gasteiger partial charge in [0, 0.05) is 10.6 Å². The Labute approximate surface area is 113 Å². The molecule has 0 N–H and O–H groups in total. The topological polar surface area (TPSA) is 18.5 Å². The quantitative estimate of drug-likeness (QED) is 0.583. The lowest BCUT2D eigenvalue weighted by atomic mass is 10.2. The smallest absolute Gasteiger partial charge is 0.411 e. The Morgan fingerprint density at radius 3 is 2.50 bits per heavy atom. The second-order valence-electron chi connectivity index (χ2n) is 3.37. The molecule has 2 nitrogen and oxygen atoms in total. The van der Waals surface area contributed by atoms with Gasteiger partial charge in [0.25, 0.3) is 0 Å². The molecular formula is C11H11Cl2F3O2. The molecule has 1 rings (SSSR count). The first-order valence-corrected chi connectivity index (χ1v) is 5.96. The summed E-state index contributed by atoms with van der Waals surface area (Å²) in [6.45, 7) is -1.44. The third-order valence-corrected chi connectivity index (χ3v) is 2.58. The molecule has 7 heteroatoms. The molecule has 1 aromatic rings. The van der Waals surface area contributed by atoms with Gasteiger partial charge in [-0.15, -0.1) is 11.6 Å². The van der Waals surface area contributed by atoms with E-state index in [1.807, 2.05) is 0 Å². The highest BCUT2D eigenvalue weighted by Gasteiger charge is 2.27. The van der Waals surface area contributed by atoms with Crippen molar-refractivity contribution in [3.8, 4) is 5.75 Å². The summed E-state index contributed by atoms with van der Waals surface area (Å²) >= 11 is 11.6. The first kappa shape index (κ1) is 15.4. The Morgan fingerprint density at radius 2 is 1.89 bits per heavy atom. The standard InChI is InChI=1S/C11H11Cl2F3O2/c12-6-8-9(13)2-1-3-10(8)18-5-4-17-7-11(14,15)16/h1-3H,4-7H2. The van der Waals surface area contributed by atoms with Crippen LogP contribution in [0.4, 0.5) is 13.2 Å². The second kappa shape index (κ2) is 7.07. The van der Waals surface area contributed by atoms with Crippen LogP contribution in [0.1, 0.15) is 5.56 Å². The van der Waals surface area contributed by atoms with E-state index in [4.69, 9.17) is 27.9 Å². The highest BCUT2D eigenvalue weighted by atomic mass is 35.5. The van der Waals surface area contributed by atoms with Crippen molar-refractivity contribution in [2.24, 2.45) is 0 Å². The van der Waals surface area contributed by atoms with Gasteiger partial charge in [0.1, 0.15) is 19.0 Å². The molecule has 0 saturated carbocycles. The molecule has 0 amide bonds. The van der Waals surface area contributed by atoms with Gasteiger partial charge in [0.2, 0.25) is 0 Å². The minimum atomic E-state index is -4.32. The zero-order valence-corrected chi connectivity index (χ0v) is 10.8. The summed E-state index contributed by atoms with van der Waals surface area (Å²) < 4.78 is 45.0. The van der Waals surface area contributed by atoms with Crippen molar-refractivity contribution in [3.63, 3.8) is 0 Å². The van der Waals surface area contributed by atoms with Crippen LogP contribution in [0.2, 0.25) is 5.02 Å². The summed E-state index contributed by atoms with van der Waals surface area (Å²) in [7, 11) is 0. The van der Waals surface area contributed by atoms with Gasteiger partial charge in [-0.3, -0.25) is 0 Å². The lowest BCUT2D eigenvalue weighted by Gasteiger charge is -2.12. The van der Waals surface area contributed by atoms with E-state index >= 15 is 0 Å². The molecule has 18 heavy (non-hydrogen) atoms. The maximum absolute atomic E-state index is 11.8. The normalized spacial score (nSPS) is 11.6. The number of hydrogen-bond acceptors (Lipinski definition) is 2. The molecule has 0 fully saturated rings. The molecule has 0 radical (unpaired) electrons. The van der Waals surface area contributed by atoms with E-state index in [0.717, 1.165) is 0 Å². The van der Waals surface area contributed by atoms with E-state index in [1.165, 1.54) is 0 Å². The van der Waals surface area contributed by atoms with E-state index in [9.17, 15) is 13.2 Å². The molecule has 102 valence electrons. The third-order valence-electron chi connectivity index (χ3n) is 1.96. The monoisotopic (exact) mass is 302 g/mol. The number of hydrogen-bond donors (Lipinski definition) is 0. The van der Waals surface area contributed by atoms with E-state index in [2.05, 4.69) is 4.74 Å². The highest BCUT2D eigenvalue weighted by molar-refractivity contribution is 6.32. The van der Waals surface area contributed by atoms with Crippen molar-refractivity contribution in [3.05, 3.63) is 28.8 Å². The van der Waals surface area contributed by atoms with Gasteiger partial charge in [-0.1, -0.05) is 17.7 Å². The molecule has 0 bridgehead atoms. The summed E-state index contributed by atoms with van der Waals surface area (Å²) in [4.78, 5) is 0. The highest BCUT2D eigenvalue weighted by Crippen LogP contribution is 2.27. The van der Waals surface area contributed by atoms with E-state index in [-0.39, 0.29) is 19.1 Å². The summed E-state index contributed by atoms with van der Waals surface area (Å²) in [5, 5.41) is 0.457. The Bertz CT molecular complexity index is 383. The van der Waals surface area contributed by atoms with Crippen molar-refractivity contribution in [1.82, 2.24) is 0 Å². The minimum absolute atomic E-state index is 0.000309. The van der Waals surface area contributed by atoms with Gasteiger partial charge < -0.3 is 9.47 Å². The molecule has 0 aliphatic carbocycles. The van der Waals surface area contributed by atoms with Gasteiger partial charge in [0.15, 0.2) is 0 Å². The Balaban J connectivity index is 2.38. The molecule has 0 aliphatic rings. The summed E-state index contributed by atoms with van der Waals surface area (Å²) in [6, 6.07) is 4.98. The van der Waals surface area contributed by atoms with Crippen LogP contribution in [-0.4, -0.2) is 26.0 Å². The fourth-order valence-corrected chi connectivity index (χ4v) is 1.78. The van der Waals surface area contributed by atoms with E-state index in [1.54, 1.807) is 18.2 Å². The van der Waals surface area contributed by atoms with Gasteiger partial charge in [-0.05, 0) is 12.1 Å². The average Bonchev–Trinajstić information content (AvgIpc) is 2.27. The molecule has 0 unspecified atom stereocenters. The maximum Gasteiger partial charge on any atom is 0.411 e. The molecule has 0 atom stereocenters. The second-order valence-corrected chi connectivity index (χ2v) is 4.04. The predicted octanol–water partition coefficient (Wildman–Crippen LogP) is 4.04. The predicted molar refractivity (Wildman–Crippen MR) is 63.4 cm³/mol. The molecular weight excluding hydrogens is 292 g/mol. The zero-order chi connectivity index (χ0) is 13.6. The molecule has 0 aliphatic heterocycles. The van der Waals surface area contributed by atoms with Crippen LogP contribution < -0.4 is 4.74 Å². The number of alkyl halides is 4. The van der Waals surface area contributed by atoms with Crippen molar-refractivity contribution >= 4 is 23.2 Å². The zero-order valence-electron chi connectivity index (χ0n) is 9.27. The van der Waals surface area contributed by atoms with Crippen LogP contribution in [-0.2, 0) is 10.6 Å². The molecule has 0 heterocycles. The van der Waals surface area contributed by atoms with Crippen molar-refractivity contribution < 1.29 is 22.6 Å². The van der Waals surface area contributed by atoms with Gasteiger partial charge in [0.05, 0.1) is 12.5 Å². The van der Waals surface area contributed by atoms with Gasteiger partial charge in [-0.25, -0.2) is 0 Å². The number of ether oxygens (including phenoxy) is 2. The van der Waals surface area contributed by atoms with Gasteiger partial charge >= 0.3 is 6.18 Å². The molecule has 0 saturated heterocycles. The largest absolute Gasteiger partial charge is 0.491 e. The number of benzene rings is 1. The molecule has 0 aromatic heterocycles. The summed E-state index contributed by atoms with van der Waals surface area (Å²) in [5.41, 5.74) is 0.608. The fourth-order valence-electron chi connectivity index (χ4n) is 1.20. The summed E-state index contributed by atoms with van der Waals surface area (Å²) in [5.74, 6) is 0.617. The van der Waals surface area contributed by atoms with E-state index in [0.29, 0.717) is 16.3 Å². The Hall–Kier alpha value is -0.650. The van der Waals surface area contributed by atoms with Crippen molar-refractivity contribution in [1.29, 1.82) is 0 Å². The molecule has 0 spiro atoms. The van der Waals surface area contributed by atoms with Crippen LogP contribution in [0.15, 0.2) is 18.2 Å². The van der Waals surface area contributed by atoms with Gasteiger partial charge in [-0.2, -0.15) is 13.2 Å². The van der Waals surface area contributed by atoms with Crippen LogP contribution in [0, 0.1) is 0 Å². The fraction of sp³-hybridized carbons (Fsp3) is 0.455. The van der Waals surface area contributed by atoms with Crippen molar-refractivity contribution in [2.75, 3.05) is 19.8 Å². The van der Waals surface area contributed by atoms with Crippen LogP contribution >= 0.6 is 23.2 Å². The third kappa shape index (κ3) is 5.33.